The van der Waals surface area contributed by atoms with E-state index in [1.807, 2.05) is 0 Å². The molecule has 0 atom stereocenters. The van der Waals surface area contributed by atoms with Crippen LogP contribution < -0.4 is 10.4 Å². The number of alkyl halides is 3. The van der Waals surface area contributed by atoms with Crippen LogP contribution in [0.2, 0.25) is 0 Å². The Morgan fingerprint density at radius 3 is 2.58 bits per heavy atom. The summed E-state index contributed by atoms with van der Waals surface area (Å²) in [4.78, 5) is 22.7. The van der Waals surface area contributed by atoms with Crippen LogP contribution in [-0.2, 0) is 15.7 Å². The summed E-state index contributed by atoms with van der Waals surface area (Å²) in [6.07, 6.45) is -6.92. The molecule has 0 saturated heterocycles. The first-order valence-corrected chi connectivity index (χ1v) is 6.88. The molecule has 0 bridgehead atoms. The molecule has 24 heavy (non-hydrogen) atoms. The van der Waals surface area contributed by atoms with E-state index in [9.17, 15) is 28.0 Å². The summed E-state index contributed by atoms with van der Waals surface area (Å²) in [5, 5.41) is 11.8. The number of benzene rings is 1. The first-order valence-electron chi connectivity index (χ1n) is 6.88. The van der Waals surface area contributed by atoms with Crippen LogP contribution in [-0.4, -0.2) is 36.6 Å². The predicted octanol–water partition coefficient (Wildman–Crippen LogP) is 3.17. The smallest absolute Gasteiger partial charge is 0.438 e. The highest BCUT2D eigenvalue weighted by atomic mass is 19.4. The number of alkyl carbamates (subject to hydrolysis) is 1. The molecule has 0 aliphatic heterocycles. The number of halogens is 3. The van der Waals surface area contributed by atoms with Crippen molar-refractivity contribution in [3.63, 3.8) is 0 Å². The van der Waals surface area contributed by atoms with Gasteiger partial charge in [0, 0.05) is 0 Å². The molecule has 0 heterocycles. The zero-order chi connectivity index (χ0) is 18.3. The van der Waals surface area contributed by atoms with Crippen LogP contribution >= 0.6 is 0 Å². The maximum atomic E-state index is 12.6. The number of amides is 2. The average molecular weight is 350 g/mol. The summed E-state index contributed by atoms with van der Waals surface area (Å²) in [5.41, 5.74) is -1.42. The third-order valence-electron chi connectivity index (χ3n) is 2.53. The van der Waals surface area contributed by atoms with E-state index < -0.39 is 29.6 Å². The minimum atomic E-state index is -4.61. The summed E-state index contributed by atoms with van der Waals surface area (Å²) in [6, 6.07) is 3.54. The predicted molar refractivity (Wildman–Crippen MR) is 76.7 cm³/mol. The van der Waals surface area contributed by atoms with Crippen LogP contribution in [0.3, 0.4) is 0 Å². The first-order chi connectivity index (χ1) is 11.1. The minimum Gasteiger partial charge on any atom is -0.447 e. The van der Waals surface area contributed by atoms with Gasteiger partial charge in [-0.2, -0.15) is 18.2 Å². The monoisotopic (exact) mass is 350 g/mol. The van der Waals surface area contributed by atoms with E-state index >= 15 is 0 Å². The van der Waals surface area contributed by atoms with Crippen LogP contribution in [0.15, 0.2) is 24.3 Å². The van der Waals surface area contributed by atoms with Gasteiger partial charge in [-0.15, -0.1) is 0 Å². The lowest BCUT2D eigenvalue weighted by atomic mass is 10.2. The Bertz CT molecular complexity index is 578. The van der Waals surface area contributed by atoms with Crippen LogP contribution in [0.4, 0.5) is 28.4 Å². The molecule has 2 N–H and O–H groups in total. The van der Waals surface area contributed by atoms with Gasteiger partial charge in [0.25, 0.3) is 0 Å². The molecule has 1 aromatic rings. The number of rotatable bonds is 5. The molecular weight excluding hydrogens is 333 g/mol. The molecule has 1 aromatic carbocycles. The lowest BCUT2D eigenvalue weighted by Crippen LogP contribution is -2.33. The van der Waals surface area contributed by atoms with Crippen LogP contribution in [0, 0.1) is 0 Å². The molecule has 2 amide bonds. The molecule has 0 saturated carbocycles. The Morgan fingerprint density at radius 1 is 1.33 bits per heavy atom. The molecule has 0 radical (unpaired) electrons. The fourth-order valence-electron chi connectivity index (χ4n) is 1.53. The van der Waals surface area contributed by atoms with Crippen molar-refractivity contribution in [3.8, 4) is 0 Å². The van der Waals surface area contributed by atoms with E-state index in [1.165, 1.54) is 0 Å². The number of anilines is 1. The van der Waals surface area contributed by atoms with Gasteiger partial charge < -0.3 is 14.8 Å². The van der Waals surface area contributed by atoms with E-state index in [-0.39, 0.29) is 24.3 Å². The number of carbonyl (C=O) groups excluding carboxylic acids is 2. The largest absolute Gasteiger partial charge is 0.447 e. The number of ether oxygens (including phenoxy) is 2. The van der Waals surface area contributed by atoms with Gasteiger partial charge in [-0.1, -0.05) is 6.07 Å². The second kappa shape index (κ2) is 8.39. The zero-order valence-electron chi connectivity index (χ0n) is 13.0. The van der Waals surface area contributed by atoms with Gasteiger partial charge in [0.1, 0.15) is 6.61 Å². The van der Waals surface area contributed by atoms with E-state index in [2.05, 4.69) is 10.1 Å². The highest BCUT2D eigenvalue weighted by Crippen LogP contribution is 2.31. The van der Waals surface area contributed by atoms with Crippen molar-refractivity contribution in [2.45, 2.75) is 26.1 Å². The van der Waals surface area contributed by atoms with Crippen molar-refractivity contribution in [1.29, 1.82) is 0 Å². The standard InChI is InChI=1S/C14H17F3N2O5/c1-9(2)24-12(20)18-6-7-23-13(21)19(22)11-5-3-4-10(8-11)14(15,16)17/h3-5,8-9,22H,6-7H2,1-2H3,(H,18,20). The van der Waals surface area contributed by atoms with Crippen molar-refractivity contribution in [2.24, 2.45) is 0 Å². The third-order valence-corrected chi connectivity index (χ3v) is 2.53. The number of nitrogens with one attached hydrogen (secondary N) is 1. The van der Waals surface area contributed by atoms with Crippen molar-refractivity contribution < 1.29 is 37.4 Å². The van der Waals surface area contributed by atoms with Gasteiger partial charge in [0.15, 0.2) is 0 Å². The third kappa shape index (κ3) is 6.32. The first kappa shape index (κ1) is 19.6. The number of nitrogens with zero attached hydrogens (tertiary/aromatic N) is 1. The molecule has 10 heteroatoms. The van der Waals surface area contributed by atoms with E-state index in [1.54, 1.807) is 13.8 Å². The zero-order valence-corrected chi connectivity index (χ0v) is 13.0. The van der Waals surface area contributed by atoms with Gasteiger partial charge in [0.05, 0.1) is 23.9 Å². The molecule has 1 rings (SSSR count). The molecular formula is C14H17F3N2O5. The topological polar surface area (TPSA) is 88.1 Å². The highest BCUT2D eigenvalue weighted by Gasteiger charge is 2.31. The second-order valence-corrected chi connectivity index (χ2v) is 4.86. The number of carbonyl (C=O) groups is 2. The summed E-state index contributed by atoms with van der Waals surface area (Å²) < 4.78 is 47.1. The highest BCUT2D eigenvalue weighted by molar-refractivity contribution is 5.85. The maximum absolute atomic E-state index is 12.6. The Balaban J connectivity index is 2.49. The molecule has 0 aliphatic carbocycles. The molecule has 0 aromatic heterocycles. The second-order valence-electron chi connectivity index (χ2n) is 4.86. The van der Waals surface area contributed by atoms with E-state index in [0.717, 1.165) is 18.2 Å². The normalized spacial score (nSPS) is 11.1. The van der Waals surface area contributed by atoms with Crippen molar-refractivity contribution >= 4 is 17.9 Å². The summed E-state index contributed by atoms with van der Waals surface area (Å²) in [5.74, 6) is 0. The Labute approximate surface area is 135 Å². The Hall–Kier alpha value is -2.49. The Kier molecular flexibility index (Phi) is 6.83. The van der Waals surface area contributed by atoms with Gasteiger partial charge in [-0.25, -0.2) is 9.59 Å². The fraction of sp³-hybridized carbons (Fsp3) is 0.429. The Morgan fingerprint density at radius 2 is 2.00 bits per heavy atom. The molecule has 0 unspecified atom stereocenters. The quantitative estimate of drug-likeness (QED) is 0.484. The molecule has 134 valence electrons. The van der Waals surface area contributed by atoms with E-state index in [0.29, 0.717) is 6.07 Å². The maximum Gasteiger partial charge on any atom is 0.438 e. The number of hydrogen-bond acceptors (Lipinski definition) is 5. The van der Waals surface area contributed by atoms with Crippen molar-refractivity contribution in [2.75, 3.05) is 18.2 Å². The average Bonchev–Trinajstić information content (AvgIpc) is 2.49. The molecule has 0 spiro atoms. The lowest BCUT2D eigenvalue weighted by Gasteiger charge is -2.16. The van der Waals surface area contributed by atoms with Crippen LogP contribution in [0.25, 0.3) is 0 Å². The van der Waals surface area contributed by atoms with Gasteiger partial charge in [-0.3, -0.25) is 5.21 Å². The minimum absolute atomic E-state index is 0.0539. The SMILES string of the molecule is CC(C)OC(=O)NCCOC(=O)N(O)c1cccc(C(F)(F)F)c1. The lowest BCUT2D eigenvalue weighted by molar-refractivity contribution is -0.137. The molecule has 0 fully saturated rings. The number of hydroxylamine groups is 1. The van der Waals surface area contributed by atoms with Crippen LogP contribution in [0.5, 0.6) is 0 Å². The van der Waals surface area contributed by atoms with Gasteiger partial charge in [0.2, 0.25) is 0 Å². The summed E-state index contributed by atoms with van der Waals surface area (Å²) in [7, 11) is 0. The van der Waals surface area contributed by atoms with Crippen molar-refractivity contribution in [3.05, 3.63) is 29.8 Å². The summed E-state index contributed by atoms with van der Waals surface area (Å²) >= 11 is 0. The fourth-order valence-corrected chi connectivity index (χ4v) is 1.53. The van der Waals surface area contributed by atoms with Crippen LogP contribution in [0.1, 0.15) is 19.4 Å². The molecule has 0 aliphatic rings. The number of hydrogen-bond donors (Lipinski definition) is 2. The van der Waals surface area contributed by atoms with E-state index in [4.69, 9.17) is 4.74 Å². The summed E-state index contributed by atoms with van der Waals surface area (Å²) in [6.45, 7) is 2.91. The van der Waals surface area contributed by atoms with Gasteiger partial charge in [-0.05, 0) is 32.0 Å². The molecule has 7 nitrogen and oxygen atoms in total. The van der Waals surface area contributed by atoms with Crippen molar-refractivity contribution in [1.82, 2.24) is 5.32 Å². The van der Waals surface area contributed by atoms with Gasteiger partial charge >= 0.3 is 18.4 Å².